The van der Waals surface area contributed by atoms with Crippen molar-refractivity contribution in [1.82, 2.24) is 4.90 Å². The molecule has 0 saturated heterocycles. The predicted molar refractivity (Wildman–Crippen MR) is 82.4 cm³/mol. The number of hydrogen-bond donors (Lipinski definition) is 1. The molecule has 20 heavy (non-hydrogen) atoms. The summed E-state index contributed by atoms with van der Waals surface area (Å²) in [5.41, 5.74) is 3.84. The van der Waals surface area contributed by atoms with E-state index < -0.39 is 0 Å². The van der Waals surface area contributed by atoms with Crippen LogP contribution in [0, 0.1) is 0 Å². The second-order valence-corrected chi connectivity index (χ2v) is 5.25. The summed E-state index contributed by atoms with van der Waals surface area (Å²) in [6.07, 6.45) is 3.32. The summed E-state index contributed by atoms with van der Waals surface area (Å²) in [7, 11) is 0. The molecule has 0 bridgehead atoms. The third kappa shape index (κ3) is 3.09. The first kappa shape index (κ1) is 12.9. The lowest BCUT2D eigenvalue weighted by Crippen LogP contribution is -2.27. The molecule has 1 N–H and O–H groups in total. The molecule has 2 aromatic rings. The molecule has 3 rings (SSSR count). The molecule has 1 aliphatic rings. The summed E-state index contributed by atoms with van der Waals surface area (Å²) in [5, 5.41) is 9.55. The maximum Gasteiger partial charge on any atom is 0.116 e. The van der Waals surface area contributed by atoms with Gasteiger partial charge in [0.05, 0.1) is 0 Å². The molecule has 0 unspecified atom stereocenters. The van der Waals surface area contributed by atoms with Gasteiger partial charge in [-0.25, -0.2) is 0 Å². The van der Waals surface area contributed by atoms with Gasteiger partial charge in [0.15, 0.2) is 0 Å². The lowest BCUT2D eigenvalue weighted by Gasteiger charge is -2.26. The largest absolute Gasteiger partial charge is 0.508 e. The standard InChI is InChI=1S/C18H19NO/c20-18-8-4-7-17(13-18)16-9-11-19(12-10-16)14-15-5-2-1-3-6-15/h1-9,13,20H,10-12,14H2. The number of benzene rings is 2. The molecular formula is C18H19NO. The Bertz CT molecular complexity index is 604. The zero-order valence-corrected chi connectivity index (χ0v) is 11.5. The molecule has 0 saturated carbocycles. The summed E-state index contributed by atoms with van der Waals surface area (Å²) >= 11 is 0. The second-order valence-electron chi connectivity index (χ2n) is 5.25. The van der Waals surface area contributed by atoms with E-state index in [1.165, 1.54) is 11.1 Å². The van der Waals surface area contributed by atoms with Crippen LogP contribution in [0.5, 0.6) is 5.75 Å². The van der Waals surface area contributed by atoms with E-state index in [1.807, 2.05) is 12.1 Å². The van der Waals surface area contributed by atoms with Gasteiger partial charge in [-0.15, -0.1) is 0 Å². The van der Waals surface area contributed by atoms with Crippen molar-refractivity contribution in [3.05, 3.63) is 71.8 Å². The Balaban J connectivity index is 1.66. The van der Waals surface area contributed by atoms with Crippen LogP contribution in [0.1, 0.15) is 17.5 Å². The Morgan fingerprint density at radius 3 is 2.55 bits per heavy atom. The minimum atomic E-state index is 0.343. The van der Waals surface area contributed by atoms with Crippen LogP contribution in [0.4, 0.5) is 0 Å². The average molecular weight is 265 g/mol. The second kappa shape index (κ2) is 5.93. The highest BCUT2D eigenvalue weighted by Gasteiger charge is 2.13. The molecule has 2 nitrogen and oxygen atoms in total. The van der Waals surface area contributed by atoms with Gasteiger partial charge in [0.25, 0.3) is 0 Å². The van der Waals surface area contributed by atoms with Crippen LogP contribution in [0.15, 0.2) is 60.7 Å². The van der Waals surface area contributed by atoms with Crippen LogP contribution in [0.25, 0.3) is 5.57 Å². The first-order valence-corrected chi connectivity index (χ1v) is 7.06. The van der Waals surface area contributed by atoms with E-state index in [2.05, 4.69) is 47.4 Å². The Morgan fingerprint density at radius 1 is 1.00 bits per heavy atom. The fourth-order valence-corrected chi connectivity index (χ4v) is 2.66. The van der Waals surface area contributed by atoms with Crippen molar-refractivity contribution in [2.75, 3.05) is 13.1 Å². The molecule has 0 radical (unpaired) electrons. The fourth-order valence-electron chi connectivity index (χ4n) is 2.66. The third-order valence-electron chi connectivity index (χ3n) is 3.76. The van der Waals surface area contributed by atoms with E-state index in [4.69, 9.17) is 0 Å². The van der Waals surface area contributed by atoms with Gasteiger partial charge in [-0.3, -0.25) is 4.90 Å². The number of phenols is 1. The highest BCUT2D eigenvalue weighted by Crippen LogP contribution is 2.25. The Hall–Kier alpha value is -2.06. The van der Waals surface area contributed by atoms with E-state index in [-0.39, 0.29) is 0 Å². The predicted octanol–water partition coefficient (Wildman–Crippen LogP) is 3.68. The summed E-state index contributed by atoms with van der Waals surface area (Å²) in [5.74, 6) is 0.343. The van der Waals surface area contributed by atoms with Crippen LogP contribution < -0.4 is 0 Å². The molecule has 0 fully saturated rings. The van der Waals surface area contributed by atoms with E-state index in [1.54, 1.807) is 6.07 Å². The summed E-state index contributed by atoms with van der Waals surface area (Å²) in [6.45, 7) is 3.04. The molecule has 0 spiro atoms. The maximum atomic E-state index is 9.55. The monoisotopic (exact) mass is 265 g/mol. The number of aromatic hydroxyl groups is 1. The van der Waals surface area contributed by atoms with Crippen molar-refractivity contribution in [3.8, 4) is 5.75 Å². The topological polar surface area (TPSA) is 23.5 Å². The minimum absolute atomic E-state index is 0.343. The SMILES string of the molecule is Oc1cccc(C2=CCN(Cc3ccccc3)CC2)c1. The normalized spacial score (nSPS) is 15.9. The Kier molecular flexibility index (Phi) is 3.84. The van der Waals surface area contributed by atoms with Crippen molar-refractivity contribution < 1.29 is 5.11 Å². The third-order valence-corrected chi connectivity index (χ3v) is 3.76. The average Bonchev–Trinajstić information content (AvgIpc) is 2.49. The first-order chi connectivity index (χ1) is 9.81. The van der Waals surface area contributed by atoms with Gasteiger partial charge in [-0.2, -0.15) is 0 Å². The van der Waals surface area contributed by atoms with Gasteiger partial charge in [0.1, 0.15) is 5.75 Å². The van der Waals surface area contributed by atoms with E-state index in [0.717, 1.165) is 31.6 Å². The van der Waals surface area contributed by atoms with Gasteiger partial charge in [-0.05, 0) is 35.3 Å². The number of rotatable bonds is 3. The van der Waals surface area contributed by atoms with Crippen molar-refractivity contribution >= 4 is 5.57 Å². The van der Waals surface area contributed by atoms with Crippen molar-refractivity contribution in [2.45, 2.75) is 13.0 Å². The molecule has 2 aromatic carbocycles. The van der Waals surface area contributed by atoms with Crippen molar-refractivity contribution in [2.24, 2.45) is 0 Å². The summed E-state index contributed by atoms with van der Waals surface area (Å²) in [6, 6.07) is 18.1. The van der Waals surface area contributed by atoms with Gasteiger partial charge >= 0.3 is 0 Å². The molecule has 102 valence electrons. The van der Waals surface area contributed by atoms with Crippen LogP contribution in [0.3, 0.4) is 0 Å². The van der Waals surface area contributed by atoms with E-state index in [9.17, 15) is 5.11 Å². The lowest BCUT2D eigenvalue weighted by molar-refractivity contribution is 0.294. The molecule has 0 amide bonds. The van der Waals surface area contributed by atoms with E-state index in [0.29, 0.717) is 5.75 Å². The lowest BCUT2D eigenvalue weighted by atomic mass is 9.99. The quantitative estimate of drug-likeness (QED) is 0.915. The molecule has 1 aliphatic heterocycles. The smallest absolute Gasteiger partial charge is 0.116 e. The maximum absolute atomic E-state index is 9.55. The highest BCUT2D eigenvalue weighted by atomic mass is 16.3. The van der Waals surface area contributed by atoms with Gasteiger partial charge in [0, 0.05) is 19.6 Å². The molecule has 1 heterocycles. The van der Waals surface area contributed by atoms with Crippen LogP contribution >= 0.6 is 0 Å². The van der Waals surface area contributed by atoms with E-state index >= 15 is 0 Å². The van der Waals surface area contributed by atoms with Crippen molar-refractivity contribution in [1.29, 1.82) is 0 Å². The molecule has 0 atom stereocenters. The number of hydrogen-bond acceptors (Lipinski definition) is 2. The zero-order valence-electron chi connectivity index (χ0n) is 11.5. The van der Waals surface area contributed by atoms with Crippen LogP contribution in [-0.2, 0) is 6.54 Å². The number of nitrogens with zero attached hydrogens (tertiary/aromatic N) is 1. The fraction of sp³-hybridized carbons (Fsp3) is 0.222. The Labute approximate surface area is 120 Å². The molecular weight excluding hydrogens is 246 g/mol. The molecule has 2 heteroatoms. The Morgan fingerprint density at radius 2 is 1.85 bits per heavy atom. The van der Waals surface area contributed by atoms with Gasteiger partial charge < -0.3 is 5.11 Å². The van der Waals surface area contributed by atoms with Gasteiger partial charge in [0.2, 0.25) is 0 Å². The molecule has 0 aliphatic carbocycles. The van der Waals surface area contributed by atoms with Gasteiger partial charge in [-0.1, -0.05) is 48.5 Å². The summed E-state index contributed by atoms with van der Waals surface area (Å²) < 4.78 is 0. The van der Waals surface area contributed by atoms with Crippen LogP contribution in [0.2, 0.25) is 0 Å². The zero-order chi connectivity index (χ0) is 13.8. The highest BCUT2D eigenvalue weighted by molar-refractivity contribution is 5.67. The summed E-state index contributed by atoms with van der Waals surface area (Å²) in [4.78, 5) is 2.45. The minimum Gasteiger partial charge on any atom is -0.508 e. The number of phenolic OH excluding ortho intramolecular Hbond substituents is 1. The molecule has 0 aromatic heterocycles. The van der Waals surface area contributed by atoms with Crippen LogP contribution in [-0.4, -0.2) is 23.1 Å². The first-order valence-electron chi connectivity index (χ1n) is 7.06. The van der Waals surface area contributed by atoms with Crippen molar-refractivity contribution in [3.63, 3.8) is 0 Å².